The number of imidazole rings is 1. The second kappa shape index (κ2) is 4.26. The fourth-order valence-electron chi connectivity index (χ4n) is 1.74. The predicted octanol–water partition coefficient (Wildman–Crippen LogP) is 3.62. The van der Waals surface area contributed by atoms with Gasteiger partial charge in [-0.05, 0) is 40.2 Å². The van der Waals surface area contributed by atoms with E-state index in [2.05, 4.69) is 30.9 Å². The van der Waals surface area contributed by atoms with Gasteiger partial charge in [0, 0.05) is 15.7 Å². The summed E-state index contributed by atoms with van der Waals surface area (Å²) in [5.41, 5.74) is 8.70. The molecule has 0 aliphatic heterocycles. The van der Waals surface area contributed by atoms with Crippen LogP contribution in [0.5, 0.6) is 0 Å². The lowest BCUT2D eigenvalue weighted by atomic mass is 10.3. The third kappa shape index (κ3) is 1.95. The minimum Gasteiger partial charge on any atom is -0.397 e. The van der Waals surface area contributed by atoms with E-state index in [1.807, 2.05) is 12.1 Å². The van der Waals surface area contributed by atoms with Crippen LogP contribution in [-0.2, 0) is 0 Å². The van der Waals surface area contributed by atoms with Gasteiger partial charge in [0.15, 0.2) is 5.82 Å². The Morgan fingerprint density at radius 3 is 2.83 bits per heavy atom. The summed E-state index contributed by atoms with van der Waals surface area (Å²) in [6, 6.07) is 7.26. The minimum atomic E-state index is 0.553. The molecule has 0 unspecified atom stereocenters. The van der Waals surface area contributed by atoms with Crippen molar-refractivity contribution in [3.63, 3.8) is 0 Å². The molecule has 4 nitrogen and oxygen atoms in total. The SMILES string of the molecule is Nc1cc(Cl)cc2[nH]c(-c3ccc(Br)cn3)nc12. The zero-order valence-electron chi connectivity index (χ0n) is 9.11. The first kappa shape index (κ1) is 11.5. The smallest absolute Gasteiger partial charge is 0.157 e. The molecule has 0 spiro atoms. The molecule has 2 heterocycles. The molecule has 6 heteroatoms. The first-order valence-electron chi connectivity index (χ1n) is 5.20. The van der Waals surface area contributed by atoms with Crippen molar-refractivity contribution in [3.05, 3.63) is 40.0 Å². The van der Waals surface area contributed by atoms with E-state index >= 15 is 0 Å². The standard InChI is InChI=1S/C12H8BrClN4/c13-6-1-2-9(16-5-6)12-17-10-4-7(14)3-8(15)11(10)18-12/h1-5H,15H2,(H,17,18). The molecule has 0 bridgehead atoms. The van der Waals surface area contributed by atoms with E-state index in [9.17, 15) is 0 Å². The van der Waals surface area contributed by atoms with Crippen LogP contribution in [-0.4, -0.2) is 15.0 Å². The van der Waals surface area contributed by atoms with Crippen molar-refractivity contribution in [3.8, 4) is 11.5 Å². The molecule has 3 rings (SSSR count). The fourth-order valence-corrected chi connectivity index (χ4v) is 2.21. The zero-order chi connectivity index (χ0) is 12.7. The molecule has 0 radical (unpaired) electrons. The maximum Gasteiger partial charge on any atom is 0.157 e. The number of nitrogen functional groups attached to an aromatic ring is 1. The highest BCUT2D eigenvalue weighted by atomic mass is 79.9. The quantitative estimate of drug-likeness (QED) is 0.672. The first-order valence-corrected chi connectivity index (χ1v) is 6.37. The van der Waals surface area contributed by atoms with Gasteiger partial charge in [0.25, 0.3) is 0 Å². The Balaban J connectivity index is 2.19. The summed E-state index contributed by atoms with van der Waals surface area (Å²) in [5.74, 6) is 0.673. The Morgan fingerprint density at radius 2 is 2.11 bits per heavy atom. The van der Waals surface area contributed by atoms with Crippen molar-refractivity contribution in [2.75, 3.05) is 5.73 Å². The summed E-state index contributed by atoms with van der Waals surface area (Å²) < 4.78 is 0.921. The van der Waals surface area contributed by atoms with Gasteiger partial charge >= 0.3 is 0 Å². The number of nitrogens with one attached hydrogen (secondary N) is 1. The number of hydrogen-bond donors (Lipinski definition) is 2. The Kier molecular flexibility index (Phi) is 2.72. The van der Waals surface area contributed by atoms with E-state index in [4.69, 9.17) is 17.3 Å². The number of rotatable bonds is 1. The van der Waals surface area contributed by atoms with E-state index in [-0.39, 0.29) is 0 Å². The maximum absolute atomic E-state index is 5.95. The summed E-state index contributed by atoms with van der Waals surface area (Å²) in [4.78, 5) is 11.9. The number of fused-ring (bicyclic) bond motifs is 1. The number of halogens is 2. The van der Waals surface area contributed by atoms with Crippen LogP contribution in [0.1, 0.15) is 0 Å². The number of aromatic amines is 1. The van der Waals surface area contributed by atoms with E-state index < -0.39 is 0 Å². The lowest BCUT2D eigenvalue weighted by molar-refractivity contribution is 1.23. The number of anilines is 1. The zero-order valence-corrected chi connectivity index (χ0v) is 11.5. The van der Waals surface area contributed by atoms with Crippen LogP contribution in [0.15, 0.2) is 34.9 Å². The Bertz CT molecular complexity index is 721. The van der Waals surface area contributed by atoms with Gasteiger partial charge < -0.3 is 10.7 Å². The van der Waals surface area contributed by atoms with Gasteiger partial charge in [0.2, 0.25) is 0 Å². The number of hydrogen-bond acceptors (Lipinski definition) is 3. The van der Waals surface area contributed by atoms with Crippen molar-refractivity contribution in [2.24, 2.45) is 0 Å². The number of pyridine rings is 1. The molecule has 1 aromatic carbocycles. The van der Waals surface area contributed by atoms with Crippen LogP contribution < -0.4 is 5.73 Å². The van der Waals surface area contributed by atoms with Crippen LogP contribution in [0.25, 0.3) is 22.6 Å². The molecular formula is C12H8BrClN4. The van der Waals surface area contributed by atoms with Gasteiger partial charge in [-0.3, -0.25) is 4.98 Å². The molecule has 0 fully saturated rings. The lowest BCUT2D eigenvalue weighted by Crippen LogP contribution is -1.86. The summed E-state index contributed by atoms with van der Waals surface area (Å²) >= 11 is 9.29. The van der Waals surface area contributed by atoms with Crippen molar-refractivity contribution in [2.45, 2.75) is 0 Å². The van der Waals surface area contributed by atoms with Crippen LogP contribution in [0, 0.1) is 0 Å². The Labute approximate surface area is 116 Å². The van der Waals surface area contributed by atoms with Gasteiger partial charge in [0.1, 0.15) is 11.2 Å². The van der Waals surface area contributed by atoms with E-state index in [0.717, 1.165) is 15.7 Å². The monoisotopic (exact) mass is 322 g/mol. The summed E-state index contributed by atoms with van der Waals surface area (Å²) in [6.07, 6.45) is 1.72. The number of H-pyrrole nitrogens is 1. The van der Waals surface area contributed by atoms with E-state index in [0.29, 0.717) is 22.1 Å². The molecule has 90 valence electrons. The van der Waals surface area contributed by atoms with E-state index in [1.54, 1.807) is 18.3 Å². The maximum atomic E-state index is 5.95. The molecule has 0 saturated carbocycles. The van der Waals surface area contributed by atoms with Crippen molar-refractivity contribution >= 4 is 44.3 Å². The lowest BCUT2D eigenvalue weighted by Gasteiger charge is -1.94. The van der Waals surface area contributed by atoms with Gasteiger partial charge in [0.05, 0.1) is 11.2 Å². The molecule has 2 aromatic heterocycles. The molecule has 0 aliphatic carbocycles. The van der Waals surface area contributed by atoms with Gasteiger partial charge in [-0.1, -0.05) is 11.6 Å². The minimum absolute atomic E-state index is 0.553. The topological polar surface area (TPSA) is 67.6 Å². The third-order valence-corrected chi connectivity index (χ3v) is 3.24. The molecular weight excluding hydrogens is 316 g/mol. The van der Waals surface area contributed by atoms with Crippen LogP contribution in [0.3, 0.4) is 0 Å². The van der Waals surface area contributed by atoms with Crippen molar-refractivity contribution < 1.29 is 0 Å². The first-order chi connectivity index (χ1) is 8.63. The highest BCUT2D eigenvalue weighted by Gasteiger charge is 2.09. The largest absolute Gasteiger partial charge is 0.397 e. The molecule has 3 N–H and O–H groups in total. The molecule has 0 atom stereocenters. The highest BCUT2D eigenvalue weighted by Crippen LogP contribution is 2.27. The number of benzene rings is 1. The van der Waals surface area contributed by atoms with Gasteiger partial charge in [-0.25, -0.2) is 4.98 Å². The second-order valence-corrected chi connectivity index (χ2v) is 5.19. The van der Waals surface area contributed by atoms with Crippen molar-refractivity contribution in [1.82, 2.24) is 15.0 Å². The average molecular weight is 324 g/mol. The fraction of sp³-hybridized carbons (Fsp3) is 0. The summed E-state index contributed by atoms with van der Waals surface area (Å²) in [7, 11) is 0. The number of aromatic nitrogens is 3. The van der Waals surface area contributed by atoms with E-state index in [1.165, 1.54) is 0 Å². The molecule has 3 aromatic rings. The van der Waals surface area contributed by atoms with Crippen molar-refractivity contribution in [1.29, 1.82) is 0 Å². The normalized spacial score (nSPS) is 11.0. The predicted molar refractivity (Wildman–Crippen MR) is 76.4 cm³/mol. The molecule has 18 heavy (non-hydrogen) atoms. The molecule has 0 amide bonds. The average Bonchev–Trinajstić information content (AvgIpc) is 2.74. The van der Waals surface area contributed by atoms with Gasteiger partial charge in [-0.2, -0.15) is 0 Å². The van der Waals surface area contributed by atoms with Crippen LogP contribution in [0.2, 0.25) is 5.02 Å². The second-order valence-electron chi connectivity index (χ2n) is 3.84. The summed E-state index contributed by atoms with van der Waals surface area (Å²) in [5, 5.41) is 0.582. The number of nitrogens with zero attached hydrogens (tertiary/aromatic N) is 2. The third-order valence-electron chi connectivity index (χ3n) is 2.55. The summed E-state index contributed by atoms with van der Waals surface area (Å²) in [6.45, 7) is 0. The Morgan fingerprint density at radius 1 is 1.28 bits per heavy atom. The number of nitrogens with two attached hydrogens (primary N) is 1. The highest BCUT2D eigenvalue weighted by molar-refractivity contribution is 9.10. The van der Waals surface area contributed by atoms with Gasteiger partial charge in [-0.15, -0.1) is 0 Å². The van der Waals surface area contributed by atoms with Crippen LogP contribution in [0.4, 0.5) is 5.69 Å². The van der Waals surface area contributed by atoms with Crippen LogP contribution >= 0.6 is 27.5 Å². The molecule has 0 saturated heterocycles. The molecule has 0 aliphatic rings. The Hall–Kier alpha value is -1.59.